The second-order valence-electron chi connectivity index (χ2n) is 4.80. The van der Waals surface area contributed by atoms with Gasteiger partial charge in [0.2, 0.25) is 5.13 Å². The largest absolute Gasteiger partial charge is 0.368 e. The second-order valence-corrected chi connectivity index (χ2v) is 6.29. The number of amides is 1. The Hall–Kier alpha value is -1.50. The number of benzene rings is 1. The number of carbonyl (C=O) groups is 1. The van der Waals surface area contributed by atoms with Crippen molar-refractivity contribution in [3.63, 3.8) is 0 Å². The number of ether oxygens (including phenoxy) is 1. The summed E-state index contributed by atoms with van der Waals surface area (Å²) in [5.41, 5.74) is 1.10. The van der Waals surface area contributed by atoms with Crippen molar-refractivity contribution < 1.29 is 9.53 Å². The molecule has 110 valence electrons. The Morgan fingerprint density at radius 3 is 2.90 bits per heavy atom. The molecule has 1 amide bonds. The highest BCUT2D eigenvalue weighted by Gasteiger charge is 2.24. The first-order valence-electron chi connectivity index (χ1n) is 6.70. The van der Waals surface area contributed by atoms with Gasteiger partial charge in [0.1, 0.15) is 11.1 Å². The van der Waals surface area contributed by atoms with Crippen molar-refractivity contribution in [2.24, 2.45) is 0 Å². The topological polar surface area (TPSA) is 64.1 Å². The summed E-state index contributed by atoms with van der Waals surface area (Å²) in [6.07, 6.45) is 2.01. The molecule has 2 heterocycles. The van der Waals surface area contributed by atoms with Crippen LogP contribution in [0.25, 0.3) is 0 Å². The molecule has 0 spiro atoms. The summed E-state index contributed by atoms with van der Waals surface area (Å²) in [6.45, 7) is 0.649. The summed E-state index contributed by atoms with van der Waals surface area (Å²) in [7, 11) is 0. The highest BCUT2D eigenvalue weighted by molar-refractivity contribution is 7.15. The molecule has 1 aromatic heterocycles. The normalized spacial score (nSPS) is 17.9. The fourth-order valence-electron chi connectivity index (χ4n) is 2.12. The molecule has 1 fully saturated rings. The molecule has 1 N–H and O–H groups in total. The molecule has 5 nitrogen and oxygen atoms in total. The minimum absolute atomic E-state index is 0.137. The number of nitrogens with zero attached hydrogens (tertiary/aromatic N) is 2. The Labute approximate surface area is 131 Å². The summed E-state index contributed by atoms with van der Waals surface area (Å²) >= 11 is 7.23. The van der Waals surface area contributed by atoms with Gasteiger partial charge in [-0.1, -0.05) is 35.1 Å². The van der Waals surface area contributed by atoms with E-state index in [4.69, 9.17) is 16.3 Å². The molecule has 0 radical (unpaired) electrons. The zero-order chi connectivity index (χ0) is 14.7. The van der Waals surface area contributed by atoms with Gasteiger partial charge in [0.25, 0.3) is 5.91 Å². The maximum atomic E-state index is 11.9. The monoisotopic (exact) mass is 323 g/mol. The van der Waals surface area contributed by atoms with Crippen LogP contribution in [-0.4, -0.2) is 28.8 Å². The number of hydrogen-bond donors (Lipinski definition) is 1. The maximum Gasteiger partial charge on any atom is 0.255 e. The molecule has 2 aromatic rings. The highest BCUT2D eigenvalue weighted by Crippen LogP contribution is 2.21. The van der Waals surface area contributed by atoms with Gasteiger partial charge in [-0.3, -0.25) is 10.1 Å². The summed E-state index contributed by atoms with van der Waals surface area (Å²) < 4.78 is 5.33. The van der Waals surface area contributed by atoms with Gasteiger partial charge in [-0.15, -0.1) is 10.2 Å². The third kappa shape index (κ3) is 3.78. The molecule has 21 heavy (non-hydrogen) atoms. The van der Waals surface area contributed by atoms with Crippen LogP contribution in [0, 0.1) is 0 Å². The first-order valence-corrected chi connectivity index (χ1v) is 7.89. The number of nitrogens with one attached hydrogen (secondary N) is 1. The van der Waals surface area contributed by atoms with E-state index in [1.807, 2.05) is 24.3 Å². The molecule has 7 heteroatoms. The van der Waals surface area contributed by atoms with Gasteiger partial charge in [-0.25, -0.2) is 0 Å². The van der Waals surface area contributed by atoms with Gasteiger partial charge in [-0.05, 0) is 30.5 Å². The lowest BCUT2D eigenvalue weighted by Crippen LogP contribution is -2.26. The Bertz CT molecular complexity index is 623. The lowest BCUT2D eigenvalue weighted by Gasteiger charge is -2.06. The first kappa shape index (κ1) is 14.4. The average Bonchev–Trinajstić information content (AvgIpc) is 3.13. The fourth-order valence-corrected chi connectivity index (χ4v) is 3.03. The van der Waals surface area contributed by atoms with E-state index in [0.717, 1.165) is 23.4 Å². The zero-order valence-corrected chi connectivity index (χ0v) is 12.8. The van der Waals surface area contributed by atoms with Crippen LogP contribution < -0.4 is 5.32 Å². The van der Waals surface area contributed by atoms with E-state index in [-0.39, 0.29) is 12.0 Å². The van der Waals surface area contributed by atoms with Gasteiger partial charge in [0.05, 0.1) is 0 Å². The quantitative estimate of drug-likeness (QED) is 0.939. The van der Waals surface area contributed by atoms with Crippen molar-refractivity contribution in [2.45, 2.75) is 25.4 Å². The molecule has 1 atom stereocenters. The average molecular weight is 324 g/mol. The smallest absolute Gasteiger partial charge is 0.255 e. The molecule has 1 saturated heterocycles. The van der Waals surface area contributed by atoms with E-state index < -0.39 is 0 Å². The number of carbonyl (C=O) groups excluding carboxylic acids is 1. The predicted octanol–water partition coefficient (Wildman–Crippen LogP) is 2.90. The maximum absolute atomic E-state index is 11.9. The number of halogens is 1. The Morgan fingerprint density at radius 1 is 1.38 bits per heavy atom. The molecular weight excluding hydrogens is 310 g/mol. The molecule has 1 unspecified atom stereocenters. The molecule has 3 rings (SSSR count). The standard InChI is InChI=1S/C14H14ClN3O2S/c15-10-5-3-9(4-6-10)8-12-17-18-14(21-12)16-13(19)11-2-1-7-20-11/h3-6,11H,1-2,7-8H2,(H,16,18,19). The van der Waals surface area contributed by atoms with Gasteiger partial charge in [-0.2, -0.15) is 0 Å². The zero-order valence-electron chi connectivity index (χ0n) is 11.2. The first-order chi connectivity index (χ1) is 10.2. The Balaban J connectivity index is 1.60. The second kappa shape index (κ2) is 6.51. The van der Waals surface area contributed by atoms with Crippen LogP contribution in [0.3, 0.4) is 0 Å². The minimum Gasteiger partial charge on any atom is -0.368 e. The summed E-state index contributed by atoms with van der Waals surface area (Å²) in [5.74, 6) is -0.137. The van der Waals surface area contributed by atoms with Crippen molar-refractivity contribution in [2.75, 3.05) is 11.9 Å². The Morgan fingerprint density at radius 2 is 2.19 bits per heavy atom. The van der Waals surface area contributed by atoms with E-state index in [1.54, 1.807) is 0 Å². The van der Waals surface area contributed by atoms with Gasteiger partial charge in [0, 0.05) is 18.1 Å². The van der Waals surface area contributed by atoms with E-state index in [9.17, 15) is 4.79 Å². The van der Waals surface area contributed by atoms with Crippen LogP contribution in [0.2, 0.25) is 5.02 Å². The molecule has 1 aliphatic rings. The highest BCUT2D eigenvalue weighted by atomic mass is 35.5. The fraction of sp³-hybridized carbons (Fsp3) is 0.357. The lowest BCUT2D eigenvalue weighted by atomic mass is 10.2. The predicted molar refractivity (Wildman–Crippen MR) is 81.8 cm³/mol. The molecular formula is C14H14ClN3O2S. The number of rotatable bonds is 4. The van der Waals surface area contributed by atoms with Crippen LogP contribution in [-0.2, 0) is 16.0 Å². The van der Waals surface area contributed by atoms with Crippen molar-refractivity contribution >= 4 is 34.0 Å². The lowest BCUT2D eigenvalue weighted by molar-refractivity contribution is -0.124. The van der Waals surface area contributed by atoms with Crippen LogP contribution >= 0.6 is 22.9 Å². The van der Waals surface area contributed by atoms with Crippen LogP contribution in [0.1, 0.15) is 23.4 Å². The summed E-state index contributed by atoms with van der Waals surface area (Å²) in [6, 6.07) is 7.60. The number of aromatic nitrogens is 2. The number of anilines is 1. The van der Waals surface area contributed by atoms with Crippen LogP contribution in [0.5, 0.6) is 0 Å². The molecule has 0 aliphatic carbocycles. The van der Waals surface area contributed by atoms with Crippen molar-refractivity contribution in [1.29, 1.82) is 0 Å². The number of hydrogen-bond acceptors (Lipinski definition) is 5. The van der Waals surface area contributed by atoms with E-state index >= 15 is 0 Å². The Kier molecular flexibility index (Phi) is 4.48. The van der Waals surface area contributed by atoms with E-state index in [0.29, 0.717) is 23.2 Å². The molecule has 0 saturated carbocycles. The van der Waals surface area contributed by atoms with Crippen LogP contribution in [0.15, 0.2) is 24.3 Å². The van der Waals surface area contributed by atoms with E-state index in [1.165, 1.54) is 11.3 Å². The molecule has 1 aromatic carbocycles. The van der Waals surface area contributed by atoms with Crippen molar-refractivity contribution in [3.8, 4) is 0 Å². The van der Waals surface area contributed by atoms with Crippen molar-refractivity contribution in [1.82, 2.24) is 10.2 Å². The minimum atomic E-state index is -0.353. The molecule has 0 bridgehead atoms. The van der Waals surface area contributed by atoms with E-state index in [2.05, 4.69) is 15.5 Å². The third-order valence-electron chi connectivity index (χ3n) is 3.19. The van der Waals surface area contributed by atoms with Gasteiger partial charge < -0.3 is 4.74 Å². The summed E-state index contributed by atoms with van der Waals surface area (Å²) in [4.78, 5) is 11.9. The third-order valence-corrected chi connectivity index (χ3v) is 4.28. The van der Waals surface area contributed by atoms with Gasteiger partial charge in [0.15, 0.2) is 0 Å². The van der Waals surface area contributed by atoms with Gasteiger partial charge >= 0.3 is 0 Å². The van der Waals surface area contributed by atoms with Crippen molar-refractivity contribution in [3.05, 3.63) is 39.9 Å². The van der Waals surface area contributed by atoms with Crippen LogP contribution in [0.4, 0.5) is 5.13 Å². The summed E-state index contributed by atoms with van der Waals surface area (Å²) in [5, 5.41) is 12.9. The molecule has 1 aliphatic heterocycles. The SMILES string of the molecule is O=C(Nc1nnc(Cc2ccc(Cl)cc2)s1)C1CCCO1.